The van der Waals surface area contributed by atoms with Gasteiger partial charge in [0.1, 0.15) is 0 Å². The lowest BCUT2D eigenvalue weighted by molar-refractivity contribution is -0.141. The third-order valence-corrected chi connectivity index (χ3v) is 4.00. The number of hydrogen-bond donors (Lipinski definition) is 1. The highest BCUT2D eigenvalue weighted by atomic mass is 32.1. The minimum atomic E-state index is -0.744. The number of thiazole rings is 1. The molecule has 19 heavy (non-hydrogen) atoms. The van der Waals surface area contributed by atoms with Crippen LogP contribution in [0, 0.1) is 19.8 Å². The van der Waals surface area contributed by atoms with Gasteiger partial charge in [0.05, 0.1) is 10.9 Å². The highest BCUT2D eigenvalue weighted by molar-refractivity contribution is 7.11. The molecule has 0 spiro atoms. The van der Waals surface area contributed by atoms with Crippen LogP contribution in [0.15, 0.2) is 30.5 Å². The predicted molar refractivity (Wildman–Crippen MR) is 76.6 cm³/mol. The fraction of sp³-hybridized carbons (Fsp3) is 0.333. The molecule has 2 rings (SSSR count). The number of aliphatic carboxylic acids is 1. The third kappa shape index (κ3) is 3.89. The fourth-order valence-electron chi connectivity index (χ4n) is 2.00. The Hall–Kier alpha value is -1.68. The van der Waals surface area contributed by atoms with Crippen LogP contribution < -0.4 is 0 Å². The van der Waals surface area contributed by atoms with E-state index in [0.717, 1.165) is 15.4 Å². The summed E-state index contributed by atoms with van der Waals surface area (Å²) in [5.41, 5.74) is 2.26. The molecule has 0 bridgehead atoms. The number of aryl methyl sites for hydroxylation is 2. The Labute approximate surface area is 116 Å². The zero-order valence-electron chi connectivity index (χ0n) is 11.1. The monoisotopic (exact) mass is 275 g/mol. The molecule has 100 valence electrons. The number of nitrogens with zero attached hydrogens (tertiary/aromatic N) is 1. The summed E-state index contributed by atoms with van der Waals surface area (Å²) < 4.78 is 0. The van der Waals surface area contributed by atoms with Crippen molar-refractivity contribution in [3.8, 4) is 0 Å². The maximum atomic E-state index is 11.4. The van der Waals surface area contributed by atoms with E-state index in [1.807, 2.05) is 38.1 Å². The van der Waals surface area contributed by atoms with Gasteiger partial charge in [0.2, 0.25) is 0 Å². The van der Waals surface area contributed by atoms with E-state index in [9.17, 15) is 9.90 Å². The number of benzene rings is 1. The molecule has 0 saturated heterocycles. The van der Waals surface area contributed by atoms with Gasteiger partial charge < -0.3 is 5.11 Å². The van der Waals surface area contributed by atoms with Gasteiger partial charge in [-0.15, -0.1) is 11.3 Å². The largest absolute Gasteiger partial charge is 0.481 e. The summed E-state index contributed by atoms with van der Waals surface area (Å²) in [7, 11) is 0. The second-order valence-electron chi connectivity index (χ2n) is 4.77. The van der Waals surface area contributed by atoms with Crippen molar-refractivity contribution in [2.45, 2.75) is 26.7 Å². The highest BCUT2D eigenvalue weighted by Crippen LogP contribution is 2.20. The van der Waals surface area contributed by atoms with Gasteiger partial charge >= 0.3 is 5.97 Å². The molecule has 1 atom stereocenters. The molecule has 2 aromatic rings. The minimum Gasteiger partial charge on any atom is -0.481 e. The Balaban J connectivity index is 2.08. The normalized spacial score (nSPS) is 12.3. The first kappa shape index (κ1) is 13.7. The second-order valence-corrected chi connectivity index (χ2v) is 6.09. The maximum absolute atomic E-state index is 11.4. The molecule has 0 aliphatic carbocycles. The smallest absolute Gasteiger partial charge is 0.307 e. The number of carboxylic acids is 1. The number of rotatable bonds is 5. The maximum Gasteiger partial charge on any atom is 0.307 e. The molecule has 3 nitrogen and oxygen atoms in total. The predicted octanol–water partition coefficient (Wildman–Crippen LogP) is 3.25. The SMILES string of the molecule is Cc1ccc(CC(Cc2cnc(C)s2)C(=O)O)cc1. The van der Waals surface area contributed by atoms with Gasteiger partial charge in [0.25, 0.3) is 0 Å². The van der Waals surface area contributed by atoms with Crippen LogP contribution in [0.2, 0.25) is 0 Å². The van der Waals surface area contributed by atoms with Crippen molar-refractivity contribution in [3.63, 3.8) is 0 Å². The van der Waals surface area contributed by atoms with Crippen molar-refractivity contribution >= 4 is 17.3 Å². The molecule has 0 fully saturated rings. The molecule has 0 radical (unpaired) electrons. The molecule has 0 aliphatic heterocycles. The molecule has 0 amide bonds. The molecular formula is C15H17NO2S. The summed E-state index contributed by atoms with van der Waals surface area (Å²) in [4.78, 5) is 16.6. The zero-order valence-corrected chi connectivity index (χ0v) is 11.9. The van der Waals surface area contributed by atoms with Crippen molar-refractivity contribution < 1.29 is 9.90 Å². The fourth-order valence-corrected chi connectivity index (χ4v) is 2.87. The van der Waals surface area contributed by atoms with E-state index >= 15 is 0 Å². The molecule has 4 heteroatoms. The van der Waals surface area contributed by atoms with E-state index in [2.05, 4.69) is 4.98 Å². The first-order valence-corrected chi connectivity index (χ1v) is 7.06. The topological polar surface area (TPSA) is 50.2 Å². The molecular weight excluding hydrogens is 258 g/mol. The summed E-state index contributed by atoms with van der Waals surface area (Å²) in [6.07, 6.45) is 2.90. The highest BCUT2D eigenvalue weighted by Gasteiger charge is 2.19. The van der Waals surface area contributed by atoms with Crippen LogP contribution in [0.25, 0.3) is 0 Å². The van der Waals surface area contributed by atoms with Gasteiger partial charge in [0.15, 0.2) is 0 Å². The van der Waals surface area contributed by atoms with Crippen LogP contribution >= 0.6 is 11.3 Å². The average molecular weight is 275 g/mol. The quantitative estimate of drug-likeness (QED) is 0.911. The van der Waals surface area contributed by atoms with Crippen LogP contribution in [0.4, 0.5) is 0 Å². The summed E-state index contributed by atoms with van der Waals surface area (Å²) in [6.45, 7) is 3.96. The molecule has 1 aromatic heterocycles. The minimum absolute atomic E-state index is 0.387. The van der Waals surface area contributed by atoms with Gasteiger partial charge in [-0.2, -0.15) is 0 Å². The van der Waals surface area contributed by atoms with E-state index < -0.39 is 5.97 Å². The number of hydrogen-bond acceptors (Lipinski definition) is 3. The van der Waals surface area contributed by atoms with Gasteiger partial charge in [-0.1, -0.05) is 29.8 Å². The Morgan fingerprint density at radius 3 is 2.47 bits per heavy atom. The van der Waals surface area contributed by atoms with E-state index in [1.165, 1.54) is 5.56 Å². The lowest BCUT2D eigenvalue weighted by Gasteiger charge is -2.11. The molecule has 1 N–H and O–H groups in total. The molecule has 0 aliphatic rings. The second kappa shape index (κ2) is 5.97. The van der Waals surface area contributed by atoms with Crippen LogP contribution in [-0.4, -0.2) is 16.1 Å². The van der Waals surface area contributed by atoms with Crippen molar-refractivity contribution in [2.75, 3.05) is 0 Å². The molecule has 1 aromatic carbocycles. The van der Waals surface area contributed by atoms with E-state index in [-0.39, 0.29) is 5.92 Å². The summed E-state index contributed by atoms with van der Waals surface area (Å²) in [5.74, 6) is -1.13. The summed E-state index contributed by atoms with van der Waals surface area (Å²) >= 11 is 1.57. The Kier molecular flexibility index (Phi) is 4.32. The zero-order chi connectivity index (χ0) is 13.8. The van der Waals surface area contributed by atoms with Crippen LogP contribution in [-0.2, 0) is 17.6 Å². The van der Waals surface area contributed by atoms with Crippen molar-refractivity contribution in [1.82, 2.24) is 4.98 Å². The molecule has 1 unspecified atom stereocenters. The third-order valence-electron chi connectivity index (χ3n) is 3.07. The van der Waals surface area contributed by atoms with E-state index in [1.54, 1.807) is 17.5 Å². The van der Waals surface area contributed by atoms with Gasteiger partial charge in [-0.25, -0.2) is 4.98 Å². The Morgan fingerprint density at radius 2 is 1.95 bits per heavy atom. The standard InChI is InChI=1S/C15H17NO2S/c1-10-3-5-12(6-4-10)7-13(15(17)18)8-14-9-16-11(2)19-14/h3-6,9,13H,7-8H2,1-2H3,(H,17,18). The summed E-state index contributed by atoms with van der Waals surface area (Å²) in [5, 5.41) is 10.3. The van der Waals surface area contributed by atoms with Gasteiger partial charge in [-0.05, 0) is 32.3 Å². The average Bonchev–Trinajstić information content (AvgIpc) is 2.76. The van der Waals surface area contributed by atoms with E-state index in [4.69, 9.17) is 0 Å². The van der Waals surface area contributed by atoms with Crippen LogP contribution in [0.3, 0.4) is 0 Å². The number of carboxylic acid groups (broad SMARTS) is 1. The van der Waals surface area contributed by atoms with Crippen LogP contribution in [0.1, 0.15) is 21.0 Å². The first-order valence-electron chi connectivity index (χ1n) is 6.24. The summed E-state index contributed by atoms with van der Waals surface area (Å²) in [6, 6.07) is 8.04. The number of carbonyl (C=O) groups is 1. The number of aromatic nitrogens is 1. The lowest BCUT2D eigenvalue weighted by Crippen LogP contribution is -2.18. The Morgan fingerprint density at radius 1 is 1.26 bits per heavy atom. The molecule has 0 saturated carbocycles. The van der Waals surface area contributed by atoms with Crippen molar-refractivity contribution in [2.24, 2.45) is 5.92 Å². The van der Waals surface area contributed by atoms with Gasteiger partial charge in [-0.3, -0.25) is 4.79 Å². The lowest BCUT2D eigenvalue weighted by atomic mass is 9.95. The molecule has 1 heterocycles. The van der Waals surface area contributed by atoms with Crippen LogP contribution in [0.5, 0.6) is 0 Å². The van der Waals surface area contributed by atoms with Crippen molar-refractivity contribution in [1.29, 1.82) is 0 Å². The van der Waals surface area contributed by atoms with Crippen molar-refractivity contribution in [3.05, 3.63) is 51.5 Å². The first-order chi connectivity index (χ1) is 9.04. The van der Waals surface area contributed by atoms with E-state index in [0.29, 0.717) is 12.8 Å². The van der Waals surface area contributed by atoms with Gasteiger partial charge in [0, 0.05) is 11.1 Å². The Bertz CT molecular complexity index is 560.